The average molecular weight is 381 g/mol. The summed E-state index contributed by atoms with van der Waals surface area (Å²) in [7, 11) is 0. The third-order valence-corrected chi connectivity index (χ3v) is 5.09. The maximum absolute atomic E-state index is 13.2. The summed E-state index contributed by atoms with van der Waals surface area (Å²) in [6.07, 6.45) is 3.01. The Morgan fingerprint density at radius 2 is 2.04 bits per heavy atom. The van der Waals surface area contributed by atoms with E-state index in [-0.39, 0.29) is 17.8 Å². The molecule has 5 nitrogen and oxygen atoms in total. The van der Waals surface area contributed by atoms with E-state index in [4.69, 9.17) is 9.72 Å². The van der Waals surface area contributed by atoms with Crippen molar-refractivity contribution in [1.82, 2.24) is 14.9 Å². The zero-order chi connectivity index (χ0) is 19.3. The minimum Gasteiger partial charge on any atom is -0.368 e. The number of nitrogens with zero attached hydrogens (tertiary/aromatic N) is 2. The van der Waals surface area contributed by atoms with Gasteiger partial charge in [-0.05, 0) is 49.1 Å². The number of para-hydroxylation sites is 2. The van der Waals surface area contributed by atoms with Crippen molar-refractivity contribution in [3.8, 4) is 0 Å². The number of amides is 1. The lowest BCUT2D eigenvalue weighted by Crippen LogP contribution is -2.34. The fraction of sp³-hybridized carbons (Fsp3) is 0.364. The second-order valence-electron chi connectivity index (χ2n) is 7.13. The SMILES string of the molecule is O=C(NCCCc1nc2ccccc2n1Cc1ccc(F)cc1)C1CCCO1. The Morgan fingerprint density at radius 1 is 1.21 bits per heavy atom. The number of carbonyl (C=O) groups excluding carboxylic acids is 1. The van der Waals surface area contributed by atoms with Crippen molar-refractivity contribution in [2.45, 2.75) is 38.3 Å². The Bertz CT molecular complexity index is 946. The lowest BCUT2D eigenvalue weighted by molar-refractivity contribution is -0.130. The molecule has 1 aliphatic rings. The number of aromatic nitrogens is 2. The van der Waals surface area contributed by atoms with Gasteiger partial charge in [0.05, 0.1) is 11.0 Å². The maximum atomic E-state index is 13.2. The number of fused-ring (bicyclic) bond motifs is 1. The van der Waals surface area contributed by atoms with Crippen LogP contribution >= 0.6 is 0 Å². The van der Waals surface area contributed by atoms with Crippen molar-refractivity contribution in [3.05, 3.63) is 65.7 Å². The molecular formula is C22H24FN3O2. The van der Waals surface area contributed by atoms with Crippen LogP contribution in [0, 0.1) is 5.82 Å². The van der Waals surface area contributed by atoms with Crippen LogP contribution in [-0.2, 0) is 22.5 Å². The molecule has 1 aromatic heterocycles. The molecule has 0 bridgehead atoms. The van der Waals surface area contributed by atoms with Gasteiger partial charge in [0.15, 0.2) is 0 Å². The van der Waals surface area contributed by atoms with Crippen LogP contribution in [0.5, 0.6) is 0 Å². The molecule has 1 amide bonds. The van der Waals surface area contributed by atoms with Crippen LogP contribution in [0.2, 0.25) is 0 Å². The van der Waals surface area contributed by atoms with Crippen molar-refractivity contribution in [2.75, 3.05) is 13.2 Å². The topological polar surface area (TPSA) is 56.2 Å². The number of aryl methyl sites for hydroxylation is 1. The van der Waals surface area contributed by atoms with E-state index in [2.05, 4.69) is 16.0 Å². The summed E-state index contributed by atoms with van der Waals surface area (Å²) in [6, 6.07) is 14.6. The van der Waals surface area contributed by atoms with Gasteiger partial charge < -0.3 is 14.6 Å². The normalized spacial score (nSPS) is 16.5. The second-order valence-corrected chi connectivity index (χ2v) is 7.13. The van der Waals surface area contributed by atoms with Gasteiger partial charge in [-0.2, -0.15) is 0 Å². The summed E-state index contributed by atoms with van der Waals surface area (Å²) in [6.45, 7) is 1.91. The molecule has 146 valence electrons. The molecule has 28 heavy (non-hydrogen) atoms. The minimum absolute atomic E-state index is 0.0164. The first kappa shape index (κ1) is 18.6. The van der Waals surface area contributed by atoms with Gasteiger partial charge in [0.25, 0.3) is 0 Å². The molecule has 1 saturated heterocycles. The van der Waals surface area contributed by atoms with Crippen molar-refractivity contribution < 1.29 is 13.9 Å². The van der Waals surface area contributed by atoms with Gasteiger partial charge in [-0.1, -0.05) is 24.3 Å². The molecule has 1 atom stereocenters. The molecule has 0 aliphatic carbocycles. The van der Waals surface area contributed by atoms with Crippen LogP contribution in [0.3, 0.4) is 0 Å². The quantitative estimate of drug-likeness (QED) is 0.638. The number of hydrogen-bond donors (Lipinski definition) is 1. The maximum Gasteiger partial charge on any atom is 0.249 e. The highest BCUT2D eigenvalue weighted by Gasteiger charge is 2.22. The van der Waals surface area contributed by atoms with Crippen LogP contribution in [0.1, 0.15) is 30.7 Å². The first-order valence-corrected chi connectivity index (χ1v) is 9.78. The van der Waals surface area contributed by atoms with E-state index >= 15 is 0 Å². The Balaban J connectivity index is 1.43. The highest BCUT2D eigenvalue weighted by molar-refractivity contribution is 5.80. The van der Waals surface area contributed by atoms with Crippen LogP contribution in [-0.4, -0.2) is 34.7 Å². The summed E-state index contributed by atoms with van der Waals surface area (Å²) in [5, 5.41) is 2.96. The van der Waals surface area contributed by atoms with Crippen LogP contribution < -0.4 is 5.32 Å². The average Bonchev–Trinajstić information content (AvgIpc) is 3.36. The van der Waals surface area contributed by atoms with Gasteiger partial charge >= 0.3 is 0 Å². The zero-order valence-electron chi connectivity index (χ0n) is 15.7. The molecule has 1 fully saturated rings. The molecule has 3 aromatic rings. The Kier molecular flexibility index (Phi) is 5.67. The number of hydrogen-bond acceptors (Lipinski definition) is 3. The van der Waals surface area contributed by atoms with Crippen molar-refractivity contribution in [1.29, 1.82) is 0 Å². The molecular weight excluding hydrogens is 357 g/mol. The molecule has 4 rings (SSSR count). The predicted molar refractivity (Wildman–Crippen MR) is 106 cm³/mol. The van der Waals surface area contributed by atoms with Gasteiger partial charge in [0, 0.05) is 26.1 Å². The van der Waals surface area contributed by atoms with E-state index in [1.54, 1.807) is 12.1 Å². The number of rotatable bonds is 7. The summed E-state index contributed by atoms with van der Waals surface area (Å²) in [4.78, 5) is 16.8. The summed E-state index contributed by atoms with van der Waals surface area (Å²) in [5.74, 6) is 0.718. The summed E-state index contributed by atoms with van der Waals surface area (Å²) >= 11 is 0. The number of halogens is 1. The molecule has 2 heterocycles. The summed E-state index contributed by atoms with van der Waals surface area (Å²) < 4.78 is 20.8. The molecule has 1 aliphatic heterocycles. The number of nitrogens with one attached hydrogen (secondary N) is 1. The third-order valence-electron chi connectivity index (χ3n) is 5.09. The highest BCUT2D eigenvalue weighted by atomic mass is 19.1. The van der Waals surface area contributed by atoms with Crippen LogP contribution in [0.4, 0.5) is 4.39 Å². The summed E-state index contributed by atoms with van der Waals surface area (Å²) in [5.41, 5.74) is 3.03. The zero-order valence-corrected chi connectivity index (χ0v) is 15.7. The van der Waals surface area contributed by atoms with Gasteiger partial charge in [-0.25, -0.2) is 9.37 Å². The van der Waals surface area contributed by atoms with Crippen molar-refractivity contribution in [2.24, 2.45) is 0 Å². The number of ether oxygens (including phenoxy) is 1. The molecule has 0 saturated carbocycles. The van der Waals surface area contributed by atoms with Crippen LogP contribution in [0.25, 0.3) is 11.0 Å². The van der Waals surface area contributed by atoms with E-state index in [0.29, 0.717) is 19.7 Å². The standard InChI is InChI=1S/C22H24FN3O2/c23-17-11-9-16(10-12-17)15-26-19-6-2-1-5-18(19)25-21(26)8-3-13-24-22(27)20-7-4-14-28-20/h1-2,5-6,9-12,20H,3-4,7-8,13-15H2,(H,24,27). The van der Waals surface area contributed by atoms with Crippen molar-refractivity contribution >= 4 is 16.9 Å². The predicted octanol–water partition coefficient (Wildman–Crippen LogP) is 3.45. The van der Waals surface area contributed by atoms with E-state index < -0.39 is 0 Å². The van der Waals surface area contributed by atoms with E-state index in [1.165, 1.54) is 12.1 Å². The van der Waals surface area contributed by atoms with Gasteiger partial charge in [0.1, 0.15) is 17.7 Å². The molecule has 0 spiro atoms. The first-order chi connectivity index (χ1) is 13.7. The highest BCUT2D eigenvalue weighted by Crippen LogP contribution is 2.19. The lowest BCUT2D eigenvalue weighted by Gasteiger charge is -2.11. The van der Waals surface area contributed by atoms with Crippen LogP contribution in [0.15, 0.2) is 48.5 Å². The smallest absolute Gasteiger partial charge is 0.249 e. The fourth-order valence-corrected chi connectivity index (χ4v) is 3.62. The van der Waals surface area contributed by atoms with Gasteiger partial charge in [-0.3, -0.25) is 4.79 Å². The third kappa shape index (κ3) is 4.22. The molecule has 0 radical (unpaired) electrons. The van der Waals surface area contributed by atoms with Gasteiger partial charge in [0.2, 0.25) is 5.91 Å². The molecule has 6 heteroatoms. The minimum atomic E-state index is -0.289. The van der Waals surface area contributed by atoms with E-state index in [0.717, 1.165) is 48.1 Å². The number of benzene rings is 2. The first-order valence-electron chi connectivity index (χ1n) is 9.78. The van der Waals surface area contributed by atoms with E-state index in [9.17, 15) is 9.18 Å². The molecule has 1 unspecified atom stereocenters. The Labute approximate surface area is 163 Å². The number of imidazole rings is 1. The monoisotopic (exact) mass is 381 g/mol. The largest absolute Gasteiger partial charge is 0.368 e. The van der Waals surface area contributed by atoms with E-state index in [1.807, 2.05) is 18.2 Å². The molecule has 2 aromatic carbocycles. The Morgan fingerprint density at radius 3 is 2.82 bits per heavy atom. The van der Waals surface area contributed by atoms with Gasteiger partial charge in [-0.15, -0.1) is 0 Å². The second kappa shape index (κ2) is 8.52. The lowest BCUT2D eigenvalue weighted by atomic mass is 10.2. The fourth-order valence-electron chi connectivity index (χ4n) is 3.62. The number of carbonyl (C=O) groups is 1. The Hall–Kier alpha value is -2.73. The van der Waals surface area contributed by atoms with Crippen molar-refractivity contribution in [3.63, 3.8) is 0 Å². The molecule has 1 N–H and O–H groups in total.